The van der Waals surface area contributed by atoms with E-state index in [-0.39, 0.29) is 11.0 Å². The molecule has 0 fully saturated rings. The van der Waals surface area contributed by atoms with Gasteiger partial charge in [0.1, 0.15) is 6.33 Å². The van der Waals surface area contributed by atoms with Gasteiger partial charge in [0.25, 0.3) is 0 Å². The summed E-state index contributed by atoms with van der Waals surface area (Å²) in [6.45, 7) is 11.0. The summed E-state index contributed by atoms with van der Waals surface area (Å²) in [6.07, 6.45) is 2.72. The molecule has 0 radical (unpaired) electrons. The number of rotatable bonds is 2. The van der Waals surface area contributed by atoms with Crippen molar-refractivity contribution in [3.8, 4) is 0 Å². The highest BCUT2D eigenvalue weighted by Crippen LogP contribution is 2.30. The minimum absolute atomic E-state index is 0.0122. The smallest absolute Gasteiger partial charge is 0.138 e. The van der Waals surface area contributed by atoms with Crippen LogP contribution in [-0.4, -0.2) is 20.2 Å². The van der Waals surface area contributed by atoms with Crippen LogP contribution < -0.4 is 0 Å². The van der Waals surface area contributed by atoms with E-state index in [1.165, 1.54) is 0 Å². The molecule has 1 aromatic rings. The van der Waals surface area contributed by atoms with Gasteiger partial charge in [0.15, 0.2) is 0 Å². The fourth-order valence-electron chi connectivity index (χ4n) is 1.82. The molecule has 0 amide bonds. The molecule has 1 heterocycles. The SMILES string of the molecule is CC(C)(C)CC(C)(C)n1cnnn1. The summed E-state index contributed by atoms with van der Waals surface area (Å²) in [7, 11) is 0. The van der Waals surface area contributed by atoms with Crippen molar-refractivity contribution in [3.63, 3.8) is 0 Å². The van der Waals surface area contributed by atoms with Crippen molar-refractivity contribution in [3.05, 3.63) is 6.33 Å². The second kappa shape index (κ2) is 3.09. The monoisotopic (exact) mass is 182 g/mol. The quantitative estimate of drug-likeness (QED) is 0.701. The lowest BCUT2D eigenvalue weighted by molar-refractivity contribution is 0.195. The topological polar surface area (TPSA) is 43.6 Å². The van der Waals surface area contributed by atoms with Crippen molar-refractivity contribution in [2.24, 2.45) is 5.41 Å². The van der Waals surface area contributed by atoms with Crippen LogP contribution in [-0.2, 0) is 5.54 Å². The molecule has 0 saturated carbocycles. The van der Waals surface area contributed by atoms with E-state index in [9.17, 15) is 0 Å². The van der Waals surface area contributed by atoms with E-state index >= 15 is 0 Å². The molecule has 4 heteroatoms. The zero-order valence-electron chi connectivity index (χ0n) is 9.07. The molecular weight excluding hydrogens is 164 g/mol. The van der Waals surface area contributed by atoms with E-state index in [1.807, 2.05) is 4.68 Å². The van der Waals surface area contributed by atoms with Crippen LogP contribution in [0.5, 0.6) is 0 Å². The minimum Gasteiger partial charge on any atom is -0.227 e. The molecule has 1 aromatic heterocycles. The van der Waals surface area contributed by atoms with Gasteiger partial charge >= 0.3 is 0 Å². The molecule has 0 N–H and O–H groups in total. The van der Waals surface area contributed by atoms with Gasteiger partial charge in [-0.05, 0) is 36.1 Å². The lowest BCUT2D eigenvalue weighted by atomic mass is 9.82. The molecule has 74 valence electrons. The van der Waals surface area contributed by atoms with Crippen molar-refractivity contribution in [2.45, 2.75) is 46.6 Å². The third kappa shape index (κ3) is 2.79. The van der Waals surface area contributed by atoms with Gasteiger partial charge in [-0.3, -0.25) is 0 Å². The second-order valence-corrected chi connectivity index (χ2v) is 5.30. The number of nitrogens with zero attached hydrogens (tertiary/aromatic N) is 4. The standard InChI is InChI=1S/C9H18N4/c1-8(2,3)6-9(4,5)13-7-10-11-12-13/h7H,6H2,1-5H3. The zero-order chi connectivity index (χ0) is 10.1. The van der Waals surface area contributed by atoms with Crippen LogP contribution in [0, 0.1) is 5.41 Å². The highest BCUT2D eigenvalue weighted by atomic mass is 15.5. The summed E-state index contributed by atoms with van der Waals surface area (Å²) < 4.78 is 1.82. The lowest BCUT2D eigenvalue weighted by Gasteiger charge is -2.31. The average molecular weight is 182 g/mol. The van der Waals surface area contributed by atoms with Gasteiger partial charge < -0.3 is 0 Å². The van der Waals surface area contributed by atoms with Gasteiger partial charge in [-0.25, -0.2) is 4.68 Å². The van der Waals surface area contributed by atoms with Crippen molar-refractivity contribution in [1.82, 2.24) is 20.2 Å². The average Bonchev–Trinajstić information content (AvgIpc) is 2.29. The molecular formula is C9H18N4. The molecule has 0 saturated heterocycles. The maximum Gasteiger partial charge on any atom is 0.138 e. The van der Waals surface area contributed by atoms with E-state index < -0.39 is 0 Å². The molecule has 13 heavy (non-hydrogen) atoms. The predicted octanol–water partition coefficient (Wildman–Crippen LogP) is 1.84. The molecule has 0 atom stereocenters. The fourth-order valence-corrected chi connectivity index (χ4v) is 1.82. The highest BCUT2D eigenvalue weighted by molar-refractivity contribution is 4.80. The molecule has 0 aliphatic heterocycles. The zero-order valence-corrected chi connectivity index (χ0v) is 9.07. The Kier molecular flexibility index (Phi) is 2.41. The van der Waals surface area contributed by atoms with Gasteiger partial charge in [0.2, 0.25) is 0 Å². The van der Waals surface area contributed by atoms with Crippen LogP contribution >= 0.6 is 0 Å². The Morgan fingerprint density at radius 3 is 2.15 bits per heavy atom. The Hall–Kier alpha value is -0.930. The van der Waals surface area contributed by atoms with E-state index in [1.54, 1.807) is 6.33 Å². The first-order chi connectivity index (χ1) is 5.81. The van der Waals surface area contributed by atoms with E-state index in [0.717, 1.165) is 6.42 Å². The molecule has 0 spiro atoms. The number of aromatic nitrogens is 4. The van der Waals surface area contributed by atoms with Crippen molar-refractivity contribution in [2.75, 3.05) is 0 Å². The molecule has 0 aliphatic carbocycles. The van der Waals surface area contributed by atoms with Gasteiger partial charge in [-0.15, -0.1) is 5.10 Å². The summed E-state index contributed by atoms with van der Waals surface area (Å²) in [5, 5.41) is 11.2. The van der Waals surface area contributed by atoms with E-state index in [0.29, 0.717) is 0 Å². The first-order valence-corrected chi connectivity index (χ1v) is 4.55. The summed E-state index contributed by atoms with van der Waals surface area (Å²) in [6, 6.07) is 0. The Morgan fingerprint density at radius 2 is 1.77 bits per heavy atom. The normalized spacial score (nSPS) is 13.3. The second-order valence-electron chi connectivity index (χ2n) is 5.30. The molecule has 0 aliphatic rings. The molecule has 0 unspecified atom stereocenters. The first kappa shape index (κ1) is 10.2. The Morgan fingerprint density at radius 1 is 1.15 bits per heavy atom. The predicted molar refractivity (Wildman–Crippen MR) is 51.2 cm³/mol. The van der Waals surface area contributed by atoms with E-state index in [4.69, 9.17) is 0 Å². The third-order valence-corrected chi connectivity index (χ3v) is 1.93. The highest BCUT2D eigenvalue weighted by Gasteiger charge is 2.27. The first-order valence-electron chi connectivity index (χ1n) is 4.55. The Bertz CT molecular complexity index is 256. The Balaban J connectivity index is 2.78. The molecule has 0 bridgehead atoms. The number of hydrogen-bond donors (Lipinski definition) is 0. The van der Waals surface area contributed by atoms with Crippen molar-refractivity contribution >= 4 is 0 Å². The van der Waals surface area contributed by atoms with Gasteiger partial charge in [-0.1, -0.05) is 20.8 Å². The van der Waals surface area contributed by atoms with E-state index in [2.05, 4.69) is 50.1 Å². The van der Waals surface area contributed by atoms with Gasteiger partial charge in [-0.2, -0.15) is 0 Å². The number of hydrogen-bond acceptors (Lipinski definition) is 3. The minimum atomic E-state index is -0.0122. The number of tetrazole rings is 1. The largest absolute Gasteiger partial charge is 0.227 e. The third-order valence-electron chi connectivity index (χ3n) is 1.93. The van der Waals surface area contributed by atoms with Crippen LogP contribution in [0.1, 0.15) is 41.0 Å². The van der Waals surface area contributed by atoms with Gasteiger partial charge in [0.05, 0.1) is 5.54 Å². The summed E-state index contributed by atoms with van der Waals surface area (Å²) in [5.41, 5.74) is 0.275. The molecule has 1 rings (SSSR count). The lowest BCUT2D eigenvalue weighted by Crippen LogP contribution is -2.31. The summed E-state index contributed by atoms with van der Waals surface area (Å²) >= 11 is 0. The fraction of sp³-hybridized carbons (Fsp3) is 0.889. The van der Waals surface area contributed by atoms with Crippen LogP contribution in [0.15, 0.2) is 6.33 Å². The maximum absolute atomic E-state index is 3.93. The molecule has 4 nitrogen and oxygen atoms in total. The van der Waals surface area contributed by atoms with Crippen LogP contribution in [0.4, 0.5) is 0 Å². The summed E-state index contributed by atoms with van der Waals surface area (Å²) in [5.74, 6) is 0. The maximum atomic E-state index is 3.93. The summed E-state index contributed by atoms with van der Waals surface area (Å²) in [4.78, 5) is 0. The van der Waals surface area contributed by atoms with Crippen molar-refractivity contribution < 1.29 is 0 Å². The van der Waals surface area contributed by atoms with Gasteiger partial charge in [0, 0.05) is 0 Å². The molecule has 0 aromatic carbocycles. The van der Waals surface area contributed by atoms with Crippen LogP contribution in [0.2, 0.25) is 0 Å². The van der Waals surface area contributed by atoms with Crippen LogP contribution in [0.25, 0.3) is 0 Å². The van der Waals surface area contributed by atoms with Crippen LogP contribution in [0.3, 0.4) is 0 Å². The Labute approximate surface area is 79.3 Å². The van der Waals surface area contributed by atoms with Crippen molar-refractivity contribution in [1.29, 1.82) is 0 Å².